The second-order valence-corrected chi connectivity index (χ2v) is 7.55. The molecule has 0 aliphatic carbocycles. The average molecular weight is 388 g/mol. The molecule has 2 heterocycles. The number of aromatic nitrogens is 1. The molecular formula is C23H37N3O2. The molecule has 28 heavy (non-hydrogen) atoms. The van der Waals surface area contributed by atoms with E-state index in [4.69, 9.17) is 20.2 Å². The van der Waals surface area contributed by atoms with Gasteiger partial charge in [0.1, 0.15) is 11.9 Å². The van der Waals surface area contributed by atoms with Crippen molar-refractivity contribution in [2.75, 3.05) is 13.2 Å². The van der Waals surface area contributed by atoms with Crippen LogP contribution in [0.5, 0.6) is 5.75 Å². The SMILES string of the molecule is CCOC(C)C(CC)Oc1cc(CC)c(C2=CC=C(C(C)C)NC2)nc1CN. The van der Waals surface area contributed by atoms with Crippen molar-refractivity contribution < 1.29 is 9.47 Å². The van der Waals surface area contributed by atoms with E-state index in [1.165, 1.54) is 16.8 Å². The van der Waals surface area contributed by atoms with Gasteiger partial charge in [-0.3, -0.25) is 0 Å². The van der Waals surface area contributed by atoms with Crippen LogP contribution in [-0.2, 0) is 17.7 Å². The van der Waals surface area contributed by atoms with E-state index in [-0.39, 0.29) is 12.2 Å². The molecule has 0 amide bonds. The summed E-state index contributed by atoms with van der Waals surface area (Å²) < 4.78 is 12.1. The fraction of sp³-hybridized carbons (Fsp3) is 0.609. The van der Waals surface area contributed by atoms with Crippen molar-refractivity contribution in [2.24, 2.45) is 11.7 Å². The Balaban J connectivity index is 2.36. The number of hydrogen-bond acceptors (Lipinski definition) is 5. The van der Waals surface area contributed by atoms with Gasteiger partial charge in [0.05, 0.1) is 17.5 Å². The Morgan fingerprint density at radius 1 is 1.18 bits per heavy atom. The van der Waals surface area contributed by atoms with E-state index in [0.29, 0.717) is 19.1 Å². The largest absolute Gasteiger partial charge is 0.486 e. The third-order valence-corrected chi connectivity index (χ3v) is 5.22. The van der Waals surface area contributed by atoms with E-state index in [1.54, 1.807) is 0 Å². The van der Waals surface area contributed by atoms with Gasteiger partial charge >= 0.3 is 0 Å². The minimum absolute atomic E-state index is 0.0188. The van der Waals surface area contributed by atoms with Crippen LogP contribution >= 0.6 is 0 Å². The summed E-state index contributed by atoms with van der Waals surface area (Å²) in [7, 11) is 0. The Hall–Kier alpha value is -1.85. The maximum absolute atomic E-state index is 6.32. The van der Waals surface area contributed by atoms with Crippen LogP contribution in [-0.4, -0.2) is 30.3 Å². The lowest BCUT2D eigenvalue weighted by Crippen LogP contribution is -2.32. The Morgan fingerprint density at radius 2 is 1.93 bits per heavy atom. The smallest absolute Gasteiger partial charge is 0.143 e. The molecule has 0 bridgehead atoms. The van der Waals surface area contributed by atoms with Crippen LogP contribution in [0.1, 0.15) is 64.9 Å². The zero-order valence-corrected chi connectivity index (χ0v) is 18.3. The average Bonchev–Trinajstić information content (AvgIpc) is 2.71. The summed E-state index contributed by atoms with van der Waals surface area (Å²) in [6, 6.07) is 2.12. The highest BCUT2D eigenvalue weighted by atomic mass is 16.5. The summed E-state index contributed by atoms with van der Waals surface area (Å²) in [5, 5.41) is 3.51. The van der Waals surface area contributed by atoms with Gasteiger partial charge in [-0.25, -0.2) is 4.98 Å². The number of nitrogens with zero attached hydrogens (tertiary/aromatic N) is 1. The lowest BCUT2D eigenvalue weighted by molar-refractivity contribution is -0.0110. The van der Waals surface area contributed by atoms with E-state index in [2.05, 4.69) is 58.2 Å². The molecule has 1 aliphatic heterocycles. The summed E-state index contributed by atoms with van der Waals surface area (Å²) in [4.78, 5) is 4.92. The lowest BCUT2D eigenvalue weighted by atomic mass is 9.98. The molecule has 1 aliphatic rings. The van der Waals surface area contributed by atoms with Crippen LogP contribution in [0.2, 0.25) is 0 Å². The Bertz CT molecular complexity index is 710. The van der Waals surface area contributed by atoms with Crippen molar-refractivity contribution in [1.29, 1.82) is 0 Å². The number of rotatable bonds is 10. The molecule has 2 rings (SSSR count). The van der Waals surface area contributed by atoms with Crippen molar-refractivity contribution in [3.63, 3.8) is 0 Å². The first-order valence-corrected chi connectivity index (χ1v) is 10.6. The molecule has 2 atom stereocenters. The normalized spacial score (nSPS) is 16.3. The van der Waals surface area contributed by atoms with Crippen molar-refractivity contribution in [3.05, 3.63) is 40.9 Å². The van der Waals surface area contributed by atoms with Gasteiger partial charge in [-0.2, -0.15) is 0 Å². The van der Waals surface area contributed by atoms with E-state index in [9.17, 15) is 0 Å². The second-order valence-electron chi connectivity index (χ2n) is 7.55. The van der Waals surface area contributed by atoms with Crippen LogP contribution in [0, 0.1) is 5.92 Å². The lowest BCUT2D eigenvalue weighted by Gasteiger charge is -2.26. The Morgan fingerprint density at radius 3 is 2.43 bits per heavy atom. The molecule has 0 radical (unpaired) electrons. The molecule has 0 aromatic carbocycles. The Kier molecular flexibility index (Phi) is 8.52. The van der Waals surface area contributed by atoms with Crippen LogP contribution in [0.4, 0.5) is 0 Å². The van der Waals surface area contributed by atoms with E-state index in [1.807, 2.05) is 6.92 Å². The third kappa shape index (κ3) is 5.36. The molecule has 3 N–H and O–H groups in total. The molecule has 5 heteroatoms. The quantitative estimate of drug-likeness (QED) is 0.629. The minimum atomic E-state index is -0.0188. The molecule has 0 saturated heterocycles. The minimum Gasteiger partial charge on any atom is -0.486 e. The molecule has 5 nitrogen and oxygen atoms in total. The fourth-order valence-electron chi connectivity index (χ4n) is 3.48. The van der Waals surface area contributed by atoms with Crippen molar-refractivity contribution >= 4 is 5.57 Å². The van der Waals surface area contributed by atoms with Crippen LogP contribution in [0.3, 0.4) is 0 Å². The summed E-state index contributed by atoms with van der Waals surface area (Å²) in [5.41, 5.74) is 11.5. The van der Waals surface area contributed by atoms with Crippen molar-refractivity contribution in [2.45, 2.75) is 73.1 Å². The highest BCUT2D eigenvalue weighted by Crippen LogP contribution is 2.29. The third-order valence-electron chi connectivity index (χ3n) is 5.22. The van der Waals surface area contributed by atoms with Gasteiger partial charge in [0.15, 0.2) is 0 Å². The number of allylic oxidation sites excluding steroid dienone is 3. The molecule has 2 unspecified atom stereocenters. The zero-order valence-electron chi connectivity index (χ0n) is 18.3. The van der Waals surface area contributed by atoms with E-state index < -0.39 is 0 Å². The zero-order chi connectivity index (χ0) is 20.7. The number of ether oxygens (including phenoxy) is 2. The van der Waals surface area contributed by atoms with E-state index in [0.717, 1.165) is 36.5 Å². The highest BCUT2D eigenvalue weighted by molar-refractivity contribution is 5.70. The summed E-state index contributed by atoms with van der Waals surface area (Å²) >= 11 is 0. The topological polar surface area (TPSA) is 69.4 Å². The summed E-state index contributed by atoms with van der Waals surface area (Å²) in [5.74, 6) is 1.27. The van der Waals surface area contributed by atoms with Gasteiger partial charge in [-0.05, 0) is 55.9 Å². The number of pyridine rings is 1. The predicted molar refractivity (Wildman–Crippen MR) is 116 cm³/mol. The van der Waals surface area contributed by atoms with E-state index >= 15 is 0 Å². The van der Waals surface area contributed by atoms with Crippen molar-refractivity contribution in [1.82, 2.24) is 10.3 Å². The van der Waals surface area contributed by atoms with Gasteiger partial charge in [-0.15, -0.1) is 0 Å². The molecule has 1 aromatic rings. The first-order valence-electron chi connectivity index (χ1n) is 10.6. The molecule has 1 aromatic heterocycles. The molecule has 0 fully saturated rings. The van der Waals surface area contributed by atoms with Gasteiger partial charge in [0.25, 0.3) is 0 Å². The van der Waals surface area contributed by atoms with Crippen molar-refractivity contribution in [3.8, 4) is 5.75 Å². The number of aryl methyl sites for hydroxylation is 1. The number of nitrogens with one attached hydrogen (secondary N) is 1. The summed E-state index contributed by atoms with van der Waals surface area (Å²) in [6.07, 6.45) is 6.10. The number of hydrogen-bond donors (Lipinski definition) is 2. The predicted octanol–water partition coefficient (Wildman–Crippen LogP) is 4.21. The Labute approximate surface area is 170 Å². The van der Waals surface area contributed by atoms with Gasteiger partial charge in [-0.1, -0.05) is 33.8 Å². The van der Waals surface area contributed by atoms with Gasteiger partial charge in [0, 0.05) is 25.4 Å². The first-order chi connectivity index (χ1) is 13.4. The standard InChI is InChI=1S/C23H37N3O2/c1-7-17-12-22(28-21(8-2)16(6)27-9-3)20(13-24)26-23(17)18-10-11-19(15(4)5)25-14-18/h10-12,15-16,21,25H,7-9,13-14,24H2,1-6H3. The van der Waals surface area contributed by atoms with Crippen LogP contribution < -0.4 is 15.8 Å². The fourth-order valence-corrected chi connectivity index (χ4v) is 3.48. The van der Waals surface area contributed by atoms with Gasteiger partial charge in [0.2, 0.25) is 0 Å². The number of dihydropyridines is 1. The number of nitrogens with two attached hydrogens (primary N) is 1. The van der Waals surface area contributed by atoms with Gasteiger partial charge < -0.3 is 20.5 Å². The maximum atomic E-state index is 6.32. The molecule has 0 spiro atoms. The van der Waals surface area contributed by atoms with Crippen LogP contribution in [0.25, 0.3) is 5.57 Å². The highest BCUT2D eigenvalue weighted by Gasteiger charge is 2.22. The molecule has 0 saturated carbocycles. The molecular weight excluding hydrogens is 350 g/mol. The summed E-state index contributed by atoms with van der Waals surface area (Å²) in [6.45, 7) is 14.5. The second kappa shape index (κ2) is 10.6. The first kappa shape index (κ1) is 22.4. The van der Waals surface area contributed by atoms with Crippen LogP contribution in [0.15, 0.2) is 23.9 Å². The monoisotopic (exact) mass is 387 g/mol. The maximum Gasteiger partial charge on any atom is 0.143 e. The molecule has 156 valence electrons.